The fourth-order valence-corrected chi connectivity index (χ4v) is 4.24. The van der Waals surface area contributed by atoms with Gasteiger partial charge in [-0.05, 0) is 62.9 Å². The summed E-state index contributed by atoms with van der Waals surface area (Å²) in [5, 5.41) is 3.30. The van der Waals surface area contributed by atoms with E-state index in [0.717, 1.165) is 28.7 Å². The molecule has 0 radical (unpaired) electrons. The molecular formula is C27H33N3O4. The Bertz CT molecular complexity index is 1210. The van der Waals surface area contributed by atoms with Crippen molar-refractivity contribution in [2.24, 2.45) is 5.92 Å². The Morgan fingerprint density at radius 2 is 1.88 bits per heavy atom. The number of carbonyl (C=O) groups excluding carboxylic acids is 1. The molecule has 1 aromatic heterocycles. The van der Waals surface area contributed by atoms with Crippen LogP contribution >= 0.6 is 0 Å². The molecule has 180 valence electrons. The molecule has 1 aliphatic heterocycles. The fraction of sp³-hybridized carbons (Fsp3) is 0.407. The summed E-state index contributed by atoms with van der Waals surface area (Å²) in [5.74, 6) is 2.25. The van der Waals surface area contributed by atoms with Gasteiger partial charge in [0, 0.05) is 5.70 Å². The Morgan fingerprint density at radius 3 is 2.62 bits per heavy atom. The van der Waals surface area contributed by atoms with Crippen molar-refractivity contribution in [2.75, 3.05) is 25.1 Å². The number of anilines is 1. The third kappa shape index (κ3) is 4.60. The van der Waals surface area contributed by atoms with Gasteiger partial charge in [-0.25, -0.2) is 9.78 Å². The zero-order valence-corrected chi connectivity index (χ0v) is 20.6. The summed E-state index contributed by atoms with van der Waals surface area (Å²) >= 11 is 0. The van der Waals surface area contributed by atoms with E-state index in [1.54, 1.807) is 0 Å². The predicted molar refractivity (Wildman–Crippen MR) is 133 cm³/mol. The Labute approximate surface area is 200 Å². The number of para-hydroxylation sites is 2. The van der Waals surface area contributed by atoms with Gasteiger partial charge in [0.15, 0.2) is 11.5 Å². The number of ether oxygens (including phenoxy) is 3. The minimum atomic E-state index is -0.424. The number of allylic oxidation sites excluding steroid dienone is 1. The summed E-state index contributed by atoms with van der Waals surface area (Å²) < 4.78 is 19.5. The quantitative estimate of drug-likeness (QED) is 0.410. The van der Waals surface area contributed by atoms with Gasteiger partial charge in [0.25, 0.3) is 0 Å². The van der Waals surface area contributed by atoms with Gasteiger partial charge < -0.3 is 19.5 Å². The van der Waals surface area contributed by atoms with Crippen molar-refractivity contribution in [2.45, 2.75) is 47.1 Å². The van der Waals surface area contributed by atoms with Crippen molar-refractivity contribution < 1.29 is 19.0 Å². The number of benzene rings is 2. The molecule has 0 fully saturated rings. The van der Waals surface area contributed by atoms with E-state index in [-0.39, 0.29) is 5.97 Å². The van der Waals surface area contributed by atoms with Crippen LogP contribution in [0.15, 0.2) is 53.7 Å². The summed E-state index contributed by atoms with van der Waals surface area (Å²) in [6.45, 7) is 11.4. The Morgan fingerprint density at radius 1 is 1.09 bits per heavy atom. The first kappa shape index (κ1) is 23.7. The summed E-state index contributed by atoms with van der Waals surface area (Å²) in [5.41, 5.74) is 3.95. The van der Waals surface area contributed by atoms with Crippen molar-refractivity contribution in [3.05, 3.63) is 59.3 Å². The Balaban J connectivity index is 1.84. The van der Waals surface area contributed by atoms with E-state index in [1.165, 1.54) is 0 Å². The topological polar surface area (TPSA) is 74.6 Å². The van der Waals surface area contributed by atoms with Crippen molar-refractivity contribution >= 4 is 23.0 Å². The number of carbonyl (C=O) groups is 1. The van der Waals surface area contributed by atoms with E-state index < -0.39 is 6.04 Å². The molecule has 4 rings (SSSR count). The number of nitrogens with one attached hydrogen (secondary N) is 1. The van der Waals surface area contributed by atoms with Crippen molar-refractivity contribution in [1.82, 2.24) is 9.55 Å². The molecule has 2 aromatic carbocycles. The number of aromatic nitrogens is 2. The van der Waals surface area contributed by atoms with Gasteiger partial charge in [0.2, 0.25) is 5.95 Å². The molecule has 0 amide bonds. The van der Waals surface area contributed by atoms with Crippen LogP contribution in [0, 0.1) is 5.92 Å². The predicted octanol–water partition coefficient (Wildman–Crippen LogP) is 5.71. The second kappa shape index (κ2) is 10.2. The third-order valence-electron chi connectivity index (χ3n) is 5.86. The Kier molecular flexibility index (Phi) is 7.10. The molecule has 1 N–H and O–H groups in total. The number of hydrogen-bond acceptors (Lipinski definition) is 6. The molecule has 3 aromatic rings. The first-order valence-corrected chi connectivity index (χ1v) is 12.0. The monoisotopic (exact) mass is 463 g/mol. The average Bonchev–Trinajstić information content (AvgIpc) is 3.17. The van der Waals surface area contributed by atoms with Crippen molar-refractivity contribution in [1.29, 1.82) is 0 Å². The number of hydrogen-bond donors (Lipinski definition) is 1. The highest BCUT2D eigenvalue weighted by Gasteiger charge is 2.35. The van der Waals surface area contributed by atoms with Gasteiger partial charge in [-0.15, -0.1) is 0 Å². The van der Waals surface area contributed by atoms with E-state index in [2.05, 4.69) is 23.7 Å². The molecule has 0 spiro atoms. The van der Waals surface area contributed by atoms with Crippen LogP contribution in [-0.2, 0) is 9.53 Å². The van der Waals surface area contributed by atoms with E-state index >= 15 is 0 Å². The molecule has 0 saturated heterocycles. The number of imidazole rings is 1. The number of fused-ring (bicyclic) bond motifs is 3. The van der Waals surface area contributed by atoms with Crippen molar-refractivity contribution in [3.63, 3.8) is 0 Å². The smallest absolute Gasteiger partial charge is 0.338 e. The lowest BCUT2D eigenvalue weighted by Crippen LogP contribution is -2.29. The maximum absolute atomic E-state index is 13.1. The SMILES string of the molecule is CCOC(=O)C1=C(C)Nc2nc3ccccc3n2[C@@H]1c1ccc(OCCC(C)C)c(OCC)c1. The second-order valence-electron chi connectivity index (χ2n) is 8.75. The van der Waals surface area contributed by atoms with Crippen LogP contribution in [-0.4, -0.2) is 35.3 Å². The highest BCUT2D eigenvalue weighted by Crippen LogP contribution is 2.42. The molecule has 0 unspecified atom stereocenters. The molecule has 1 atom stereocenters. The van der Waals surface area contributed by atoms with Crippen LogP contribution in [0.1, 0.15) is 52.6 Å². The third-order valence-corrected chi connectivity index (χ3v) is 5.86. The summed E-state index contributed by atoms with van der Waals surface area (Å²) in [7, 11) is 0. The van der Waals surface area contributed by atoms with Crippen LogP contribution in [0.25, 0.3) is 11.0 Å². The van der Waals surface area contributed by atoms with Crippen LogP contribution in [0.3, 0.4) is 0 Å². The largest absolute Gasteiger partial charge is 0.490 e. The van der Waals surface area contributed by atoms with E-state index in [0.29, 0.717) is 48.8 Å². The molecule has 0 aliphatic carbocycles. The minimum absolute atomic E-state index is 0.298. The molecule has 0 bridgehead atoms. The summed E-state index contributed by atoms with van der Waals surface area (Å²) in [6.07, 6.45) is 0.959. The Hall–Kier alpha value is -3.48. The lowest BCUT2D eigenvalue weighted by molar-refractivity contribution is -0.139. The zero-order valence-electron chi connectivity index (χ0n) is 20.6. The molecule has 1 aliphatic rings. The second-order valence-corrected chi connectivity index (χ2v) is 8.75. The molecule has 7 nitrogen and oxygen atoms in total. The van der Waals surface area contributed by atoms with Crippen molar-refractivity contribution in [3.8, 4) is 11.5 Å². The van der Waals surface area contributed by atoms with E-state index in [4.69, 9.17) is 19.2 Å². The molecule has 34 heavy (non-hydrogen) atoms. The summed E-state index contributed by atoms with van der Waals surface area (Å²) in [4.78, 5) is 17.9. The molecular weight excluding hydrogens is 430 g/mol. The minimum Gasteiger partial charge on any atom is -0.490 e. The first-order chi connectivity index (χ1) is 16.4. The van der Waals surface area contributed by atoms with Gasteiger partial charge >= 0.3 is 5.97 Å². The maximum atomic E-state index is 13.1. The van der Waals surface area contributed by atoms with Crippen LogP contribution in [0.4, 0.5) is 5.95 Å². The molecule has 7 heteroatoms. The lowest BCUT2D eigenvalue weighted by atomic mass is 9.94. The number of esters is 1. The maximum Gasteiger partial charge on any atom is 0.338 e. The number of nitrogens with zero attached hydrogens (tertiary/aromatic N) is 2. The first-order valence-electron chi connectivity index (χ1n) is 12.0. The number of rotatable bonds is 9. The van der Waals surface area contributed by atoms with E-state index in [9.17, 15) is 4.79 Å². The van der Waals surface area contributed by atoms with Gasteiger partial charge in [-0.3, -0.25) is 4.57 Å². The van der Waals surface area contributed by atoms with Gasteiger partial charge in [0.1, 0.15) is 0 Å². The molecule has 2 heterocycles. The lowest BCUT2D eigenvalue weighted by Gasteiger charge is -2.30. The van der Waals surface area contributed by atoms with Crippen LogP contribution < -0.4 is 14.8 Å². The standard InChI is InChI=1S/C27H33N3O4/c1-6-32-23-16-19(12-13-22(23)34-15-14-17(3)4)25-24(26(31)33-7-2)18(5)28-27-29-20-10-8-9-11-21(20)30(25)27/h8-13,16-17,25H,6-7,14-15H2,1-5H3,(H,28,29)/t25-/m1/s1. The summed E-state index contributed by atoms with van der Waals surface area (Å²) in [6, 6.07) is 13.4. The molecule has 0 saturated carbocycles. The van der Waals surface area contributed by atoms with Gasteiger partial charge in [-0.2, -0.15) is 0 Å². The van der Waals surface area contributed by atoms with E-state index in [1.807, 2.05) is 63.2 Å². The van der Waals surface area contributed by atoms with Crippen LogP contribution in [0.2, 0.25) is 0 Å². The van der Waals surface area contributed by atoms with Gasteiger partial charge in [0.05, 0.1) is 42.5 Å². The zero-order chi connectivity index (χ0) is 24.2. The fourth-order valence-electron chi connectivity index (χ4n) is 4.24. The highest BCUT2D eigenvalue weighted by atomic mass is 16.5. The normalized spacial score (nSPS) is 15.3. The van der Waals surface area contributed by atoms with Crippen LogP contribution in [0.5, 0.6) is 11.5 Å². The van der Waals surface area contributed by atoms with Gasteiger partial charge in [-0.1, -0.05) is 32.0 Å². The average molecular weight is 464 g/mol. The highest BCUT2D eigenvalue weighted by molar-refractivity contribution is 5.94.